The first-order chi connectivity index (χ1) is 11.5. The number of rotatable bonds is 5. The number of hydrogen-bond donors (Lipinski definition) is 2. The van der Waals surface area contributed by atoms with Crippen molar-refractivity contribution < 1.29 is 28.9 Å². The molecule has 0 aliphatic carbocycles. The summed E-state index contributed by atoms with van der Waals surface area (Å²) in [5.41, 5.74) is 0.347. The van der Waals surface area contributed by atoms with Crippen molar-refractivity contribution in [1.29, 1.82) is 0 Å². The first-order valence-electron chi connectivity index (χ1n) is 7.25. The molecular formula is C16H16ClNO6. The van der Waals surface area contributed by atoms with E-state index in [4.69, 9.17) is 25.8 Å². The summed E-state index contributed by atoms with van der Waals surface area (Å²) in [4.78, 5) is 24.1. The van der Waals surface area contributed by atoms with E-state index in [1.165, 1.54) is 26.4 Å². The topological polar surface area (TPSA) is 94.1 Å². The first kappa shape index (κ1) is 16.6. The van der Waals surface area contributed by atoms with E-state index >= 15 is 0 Å². The molecule has 1 amide bonds. The number of carboxylic acid groups (broad SMARTS) is 1. The van der Waals surface area contributed by atoms with E-state index in [1.54, 1.807) is 12.2 Å². The standard InChI is InChI=1S/C16H16ClNO6/c1-22-11-6-8(12(23-2)5-7(11)17)18-15(19)13-9-3-4-10(24-9)14(13)16(20)21/h3-6,9-10,13-14H,1-2H3,(H,18,19)(H,20,21)/t9-,10+,13+,14-/m0/s1. The van der Waals surface area contributed by atoms with Crippen molar-refractivity contribution in [2.45, 2.75) is 12.2 Å². The second-order valence-electron chi connectivity index (χ2n) is 5.52. The van der Waals surface area contributed by atoms with Crippen LogP contribution in [0.3, 0.4) is 0 Å². The second kappa shape index (κ2) is 6.33. The van der Waals surface area contributed by atoms with E-state index in [9.17, 15) is 14.7 Å². The van der Waals surface area contributed by atoms with Gasteiger partial charge in [0.2, 0.25) is 5.91 Å². The number of benzene rings is 1. The minimum Gasteiger partial charge on any atom is -0.495 e. The third-order valence-electron chi connectivity index (χ3n) is 4.22. The van der Waals surface area contributed by atoms with Crippen molar-refractivity contribution in [2.24, 2.45) is 11.8 Å². The highest BCUT2D eigenvalue weighted by molar-refractivity contribution is 6.32. The molecule has 0 spiro atoms. The molecule has 24 heavy (non-hydrogen) atoms. The molecule has 1 aromatic carbocycles. The zero-order valence-electron chi connectivity index (χ0n) is 13.0. The minimum atomic E-state index is -1.06. The fourth-order valence-electron chi connectivity index (χ4n) is 3.09. The lowest BCUT2D eigenvalue weighted by molar-refractivity contribution is -0.145. The molecule has 2 heterocycles. The van der Waals surface area contributed by atoms with Crippen molar-refractivity contribution in [1.82, 2.24) is 0 Å². The molecule has 1 saturated heterocycles. The predicted octanol–water partition coefficient (Wildman–Crippen LogP) is 1.95. The number of carboxylic acids is 1. The molecule has 128 valence electrons. The zero-order chi connectivity index (χ0) is 17.4. The fourth-order valence-corrected chi connectivity index (χ4v) is 3.32. The maximum absolute atomic E-state index is 12.7. The van der Waals surface area contributed by atoms with E-state index in [-0.39, 0.29) is 0 Å². The quantitative estimate of drug-likeness (QED) is 0.786. The Morgan fingerprint density at radius 2 is 1.75 bits per heavy atom. The van der Waals surface area contributed by atoms with Crippen LogP contribution < -0.4 is 14.8 Å². The summed E-state index contributed by atoms with van der Waals surface area (Å²) in [5, 5.41) is 12.4. The molecular weight excluding hydrogens is 338 g/mol. The van der Waals surface area contributed by atoms with Crippen molar-refractivity contribution in [3.8, 4) is 11.5 Å². The van der Waals surface area contributed by atoms with Gasteiger partial charge in [-0.3, -0.25) is 9.59 Å². The van der Waals surface area contributed by atoms with Gasteiger partial charge in [0.1, 0.15) is 17.4 Å². The average molecular weight is 354 g/mol. The van der Waals surface area contributed by atoms with Gasteiger partial charge in [-0.2, -0.15) is 0 Å². The van der Waals surface area contributed by atoms with Crippen LogP contribution in [0.2, 0.25) is 5.02 Å². The number of amides is 1. The van der Waals surface area contributed by atoms with Crippen molar-refractivity contribution >= 4 is 29.2 Å². The molecule has 1 aromatic rings. The lowest BCUT2D eigenvalue weighted by atomic mass is 9.82. The molecule has 0 radical (unpaired) electrons. The van der Waals surface area contributed by atoms with Crippen LogP contribution in [0, 0.1) is 11.8 Å². The monoisotopic (exact) mass is 353 g/mol. The Hall–Kier alpha value is -2.25. The summed E-state index contributed by atoms with van der Waals surface area (Å²) >= 11 is 6.04. The number of anilines is 1. The van der Waals surface area contributed by atoms with Gasteiger partial charge < -0.3 is 24.6 Å². The van der Waals surface area contributed by atoms with Gasteiger partial charge in [0.05, 0.1) is 43.1 Å². The molecule has 1 fully saturated rings. The third-order valence-corrected chi connectivity index (χ3v) is 4.51. The van der Waals surface area contributed by atoms with Crippen molar-refractivity contribution in [3.63, 3.8) is 0 Å². The van der Waals surface area contributed by atoms with Gasteiger partial charge in [0.25, 0.3) is 0 Å². The molecule has 0 unspecified atom stereocenters. The summed E-state index contributed by atoms with van der Waals surface area (Å²) in [7, 11) is 2.89. The lowest BCUT2D eigenvalue weighted by Crippen LogP contribution is -2.39. The van der Waals surface area contributed by atoms with Crippen molar-refractivity contribution in [2.75, 3.05) is 19.5 Å². The van der Waals surface area contributed by atoms with Gasteiger partial charge in [-0.15, -0.1) is 0 Å². The molecule has 3 rings (SSSR count). The average Bonchev–Trinajstić information content (AvgIpc) is 3.16. The predicted molar refractivity (Wildman–Crippen MR) is 85.6 cm³/mol. The Morgan fingerprint density at radius 3 is 2.33 bits per heavy atom. The summed E-state index contributed by atoms with van der Waals surface area (Å²) < 4.78 is 15.8. The first-order valence-corrected chi connectivity index (χ1v) is 7.63. The Kier molecular flexibility index (Phi) is 4.38. The lowest BCUT2D eigenvalue weighted by Gasteiger charge is -2.22. The van der Waals surface area contributed by atoms with Gasteiger partial charge in [-0.05, 0) is 0 Å². The number of fused-ring (bicyclic) bond motifs is 2. The molecule has 0 aromatic heterocycles. The second-order valence-corrected chi connectivity index (χ2v) is 5.92. The van der Waals surface area contributed by atoms with Crippen LogP contribution in [-0.2, 0) is 14.3 Å². The maximum Gasteiger partial charge on any atom is 0.310 e. The number of ether oxygens (including phenoxy) is 3. The highest BCUT2D eigenvalue weighted by atomic mass is 35.5. The largest absolute Gasteiger partial charge is 0.495 e. The van der Waals surface area contributed by atoms with Gasteiger partial charge in [0, 0.05) is 12.1 Å². The molecule has 0 saturated carbocycles. The number of nitrogens with one attached hydrogen (secondary N) is 1. The smallest absolute Gasteiger partial charge is 0.310 e. The summed E-state index contributed by atoms with van der Waals surface area (Å²) in [6.45, 7) is 0. The van der Waals surface area contributed by atoms with Crippen LogP contribution in [0.25, 0.3) is 0 Å². The van der Waals surface area contributed by atoms with Crippen LogP contribution >= 0.6 is 11.6 Å². The van der Waals surface area contributed by atoms with E-state index < -0.39 is 35.9 Å². The third kappa shape index (κ3) is 2.70. The molecule has 2 N–H and O–H groups in total. The van der Waals surface area contributed by atoms with Crippen LogP contribution in [0.15, 0.2) is 24.3 Å². The molecule has 4 atom stereocenters. The number of aliphatic carboxylic acids is 1. The van der Waals surface area contributed by atoms with Crippen LogP contribution in [0.5, 0.6) is 11.5 Å². The van der Waals surface area contributed by atoms with Gasteiger partial charge in [0.15, 0.2) is 0 Å². The number of halogens is 1. The molecule has 7 nitrogen and oxygen atoms in total. The van der Waals surface area contributed by atoms with E-state index in [0.29, 0.717) is 22.2 Å². The highest BCUT2D eigenvalue weighted by Gasteiger charge is 2.53. The zero-order valence-corrected chi connectivity index (χ0v) is 13.7. The molecule has 2 bridgehead atoms. The number of hydrogen-bond acceptors (Lipinski definition) is 5. The van der Waals surface area contributed by atoms with Crippen LogP contribution in [-0.4, -0.2) is 43.4 Å². The number of methoxy groups -OCH3 is 2. The summed E-state index contributed by atoms with van der Waals surface area (Å²) in [6.07, 6.45) is 2.27. The Balaban J connectivity index is 1.87. The Bertz CT molecular complexity index is 719. The number of carbonyl (C=O) groups is 2. The minimum absolute atomic E-state index is 0.335. The van der Waals surface area contributed by atoms with Crippen molar-refractivity contribution in [3.05, 3.63) is 29.3 Å². The highest BCUT2D eigenvalue weighted by Crippen LogP contribution is 2.41. The van der Waals surface area contributed by atoms with E-state index in [2.05, 4.69) is 5.32 Å². The van der Waals surface area contributed by atoms with Crippen LogP contribution in [0.4, 0.5) is 5.69 Å². The Labute approximate surface area is 143 Å². The summed E-state index contributed by atoms with van der Waals surface area (Å²) in [6, 6.07) is 3.04. The normalized spacial score (nSPS) is 27.1. The van der Waals surface area contributed by atoms with Gasteiger partial charge >= 0.3 is 5.97 Å². The van der Waals surface area contributed by atoms with Gasteiger partial charge in [-0.25, -0.2) is 0 Å². The van der Waals surface area contributed by atoms with Gasteiger partial charge in [-0.1, -0.05) is 23.8 Å². The molecule has 2 aliphatic rings. The summed E-state index contributed by atoms with van der Waals surface area (Å²) in [5.74, 6) is -2.54. The Morgan fingerprint density at radius 1 is 1.12 bits per heavy atom. The number of carbonyl (C=O) groups excluding carboxylic acids is 1. The SMILES string of the molecule is COc1cc(NC(=O)[C@H]2[C@@H](C(=O)O)[C@H]3C=C[C@@H]2O3)c(OC)cc1Cl. The van der Waals surface area contributed by atoms with E-state index in [1.807, 2.05) is 0 Å². The molecule has 2 aliphatic heterocycles. The maximum atomic E-state index is 12.7. The fraction of sp³-hybridized carbons (Fsp3) is 0.375. The molecule has 8 heteroatoms. The van der Waals surface area contributed by atoms with E-state index in [0.717, 1.165) is 0 Å². The van der Waals surface area contributed by atoms with Crippen LogP contribution in [0.1, 0.15) is 0 Å².